The number of rotatable bonds is 4. The lowest BCUT2D eigenvalue weighted by Crippen LogP contribution is -2.18. The Labute approximate surface area is 97.3 Å². The molecule has 1 unspecified atom stereocenters. The molecule has 88 valence electrons. The number of nitrogens with zero attached hydrogens (tertiary/aromatic N) is 1. The summed E-state index contributed by atoms with van der Waals surface area (Å²) in [7, 11) is 0. The van der Waals surface area contributed by atoms with Crippen LogP contribution in [-0.4, -0.2) is 10.9 Å². The maximum Gasteiger partial charge on any atom is 0.224 e. The SMILES string of the molecule is Cc1ccncc1NC(=O)CC(C)C(C)C. The van der Waals surface area contributed by atoms with Gasteiger partial charge in [0, 0.05) is 12.6 Å². The molecule has 1 N–H and O–H groups in total. The number of carbonyl (C=O) groups is 1. The average Bonchev–Trinajstić information content (AvgIpc) is 2.21. The fourth-order valence-electron chi connectivity index (χ4n) is 1.32. The summed E-state index contributed by atoms with van der Waals surface area (Å²) in [6, 6.07) is 1.89. The number of nitrogens with one attached hydrogen (secondary N) is 1. The van der Waals surface area contributed by atoms with Gasteiger partial charge < -0.3 is 5.32 Å². The molecule has 1 atom stereocenters. The van der Waals surface area contributed by atoms with Gasteiger partial charge in [0.15, 0.2) is 0 Å². The van der Waals surface area contributed by atoms with Crippen LogP contribution in [0.15, 0.2) is 18.5 Å². The van der Waals surface area contributed by atoms with Gasteiger partial charge in [-0.3, -0.25) is 9.78 Å². The Balaban J connectivity index is 2.55. The molecule has 1 aromatic heterocycles. The third-order valence-electron chi connectivity index (χ3n) is 2.96. The van der Waals surface area contributed by atoms with Gasteiger partial charge in [-0.25, -0.2) is 0 Å². The first-order valence-electron chi connectivity index (χ1n) is 5.71. The van der Waals surface area contributed by atoms with Crippen LogP contribution in [0.4, 0.5) is 5.69 Å². The fourth-order valence-corrected chi connectivity index (χ4v) is 1.32. The van der Waals surface area contributed by atoms with E-state index in [0.717, 1.165) is 11.3 Å². The molecule has 0 aliphatic heterocycles. The van der Waals surface area contributed by atoms with Crippen molar-refractivity contribution < 1.29 is 4.79 Å². The molecule has 16 heavy (non-hydrogen) atoms. The van der Waals surface area contributed by atoms with Crippen molar-refractivity contribution in [3.8, 4) is 0 Å². The first kappa shape index (κ1) is 12.7. The summed E-state index contributed by atoms with van der Waals surface area (Å²) in [6.45, 7) is 8.32. The normalized spacial score (nSPS) is 12.6. The predicted molar refractivity (Wildman–Crippen MR) is 66.2 cm³/mol. The van der Waals surface area contributed by atoms with E-state index in [4.69, 9.17) is 0 Å². The summed E-state index contributed by atoms with van der Waals surface area (Å²) in [5.74, 6) is 0.995. The predicted octanol–water partition coefficient (Wildman–Crippen LogP) is 3.01. The Morgan fingerprint density at radius 2 is 2.12 bits per heavy atom. The molecule has 0 aromatic carbocycles. The number of anilines is 1. The van der Waals surface area contributed by atoms with Crippen LogP contribution in [0.1, 0.15) is 32.8 Å². The number of carbonyl (C=O) groups excluding carboxylic acids is 1. The minimum atomic E-state index is 0.0669. The molecule has 3 nitrogen and oxygen atoms in total. The Kier molecular flexibility index (Phi) is 4.47. The molecule has 1 heterocycles. The summed E-state index contributed by atoms with van der Waals surface area (Å²) in [5.41, 5.74) is 1.85. The van der Waals surface area contributed by atoms with Crippen molar-refractivity contribution in [3.05, 3.63) is 24.0 Å². The highest BCUT2D eigenvalue weighted by Crippen LogP contribution is 2.16. The van der Waals surface area contributed by atoms with Crippen LogP contribution in [0, 0.1) is 18.8 Å². The second kappa shape index (κ2) is 5.64. The number of aromatic nitrogens is 1. The third kappa shape index (κ3) is 3.65. The van der Waals surface area contributed by atoms with Crippen molar-refractivity contribution in [1.29, 1.82) is 0 Å². The number of aryl methyl sites for hydroxylation is 1. The lowest BCUT2D eigenvalue weighted by atomic mass is 9.94. The van der Waals surface area contributed by atoms with E-state index in [1.54, 1.807) is 12.4 Å². The zero-order valence-electron chi connectivity index (χ0n) is 10.4. The molecule has 0 saturated heterocycles. The molecular weight excluding hydrogens is 200 g/mol. The topological polar surface area (TPSA) is 42.0 Å². The standard InChI is InChI=1S/C13H20N2O/c1-9(2)11(4)7-13(16)15-12-8-14-6-5-10(12)3/h5-6,8-9,11H,7H2,1-4H3,(H,15,16). The molecule has 3 heteroatoms. The van der Waals surface area contributed by atoms with Gasteiger partial charge in [0.05, 0.1) is 11.9 Å². The largest absolute Gasteiger partial charge is 0.325 e. The first-order chi connectivity index (χ1) is 7.50. The van der Waals surface area contributed by atoms with E-state index >= 15 is 0 Å². The molecule has 1 amide bonds. The molecule has 1 aromatic rings. The van der Waals surface area contributed by atoms with Crippen molar-refractivity contribution in [3.63, 3.8) is 0 Å². The van der Waals surface area contributed by atoms with Gasteiger partial charge in [-0.05, 0) is 30.4 Å². The van der Waals surface area contributed by atoms with Crippen LogP contribution in [0.2, 0.25) is 0 Å². The smallest absolute Gasteiger partial charge is 0.224 e. The van der Waals surface area contributed by atoms with Gasteiger partial charge in [0.25, 0.3) is 0 Å². The second-order valence-electron chi connectivity index (χ2n) is 4.66. The van der Waals surface area contributed by atoms with Crippen molar-refractivity contribution in [2.45, 2.75) is 34.1 Å². The molecule has 0 fully saturated rings. The maximum absolute atomic E-state index is 11.7. The summed E-state index contributed by atoms with van der Waals surface area (Å²) in [6.07, 6.45) is 3.97. The van der Waals surface area contributed by atoms with E-state index in [1.165, 1.54) is 0 Å². The lowest BCUT2D eigenvalue weighted by Gasteiger charge is -2.15. The summed E-state index contributed by atoms with van der Waals surface area (Å²) in [5, 5.41) is 2.89. The molecule has 0 bridgehead atoms. The van der Waals surface area contributed by atoms with Crippen molar-refractivity contribution in [2.75, 3.05) is 5.32 Å². The van der Waals surface area contributed by atoms with Gasteiger partial charge >= 0.3 is 0 Å². The number of pyridine rings is 1. The van der Waals surface area contributed by atoms with Gasteiger partial charge in [-0.15, -0.1) is 0 Å². The van der Waals surface area contributed by atoms with Crippen LogP contribution in [-0.2, 0) is 4.79 Å². The highest BCUT2D eigenvalue weighted by atomic mass is 16.1. The van der Waals surface area contributed by atoms with Gasteiger partial charge in [0.1, 0.15) is 0 Å². The van der Waals surface area contributed by atoms with Crippen molar-refractivity contribution >= 4 is 11.6 Å². The van der Waals surface area contributed by atoms with Gasteiger partial charge in [-0.1, -0.05) is 20.8 Å². The Bertz CT molecular complexity index is 361. The molecule has 0 aliphatic carbocycles. The Morgan fingerprint density at radius 1 is 1.44 bits per heavy atom. The van der Waals surface area contributed by atoms with Crippen LogP contribution < -0.4 is 5.32 Å². The molecule has 0 saturated carbocycles. The van der Waals surface area contributed by atoms with E-state index < -0.39 is 0 Å². The van der Waals surface area contributed by atoms with E-state index in [1.807, 2.05) is 13.0 Å². The maximum atomic E-state index is 11.7. The van der Waals surface area contributed by atoms with E-state index in [9.17, 15) is 4.79 Å². The second-order valence-corrected chi connectivity index (χ2v) is 4.66. The minimum Gasteiger partial charge on any atom is -0.325 e. The van der Waals surface area contributed by atoms with Crippen molar-refractivity contribution in [1.82, 2.24) is 4.98 Å². The highest BCUT2D eigenvalue weighted by molar-refractivity contribution is 5.91. The van der Waals surface area contributed by atoms with Crippen LogP contribution in [0.3, 0.4) is 0 Å². The van der Waals surface area contributed by atoms with E-state index in [-0.39, 0.29) is 5.91 Å². The van der Waals surface area contributed by atoms with Crippen LogP contribution >= 0.6 is 0 Å². The number of hydrogen-bond acceptors (Lipinski definition) is 2. The summed E-state index contributed by atoms with van der Waals surface area (Å²) in [4.78, 5) is 15.7. The monoisotopic (exact) mass is 220 g/mol. The number of hydrogen-bond donors (Lipinski definition) is 1. The first-order valence-corrected chi connectivity index (χ1v) is 5.71. The fraction of sp³-hybridized carbons (Fsp3) is 0.538. The Hall–Kier alpha value is -1.38. The zero-order valence-corrected chi connectivity index (χ0v) is 10.4. The highest BCUT2D eigenvalue weighted by Gasteiger charge is 2.13. The zero-order chi connectivity index (χ0) is 12.1. The Morgan fingerprint density at radius 3 is 2.69 bits per heavy atom. The summed E-state index contributed by atoms with van der Waals surface area (Å²) < 4.78 is 0. The average molecular weight is 220 g/mol. The molecule has 1 rings (SSSR count). The quantitative estimate of drug-likeness (QED) is 0.847. The molecule has 0 aliphatic rings. The van der Waals surface area contributed by atoms with Gasteiger partial charge in [0.2, 0.25) is 5.91 Å². The molecule has 0 radical (unpaired) electrons. The minimum absolute atomic E-state index is 0.0669. The number of amides is 1. The van der Waals surface area contributed by atoms with Crippen LogP contribution in [0.25, 0.3) is 0 Å². The molecular formula is C13H20N2O. The third-order valence-corrected chi connectivity index (χ3v) is 2.96. The van der Waals surface area contributed by atoms with Gasteiger partial charge in [-0.2, -0.15) is 0 Å². The van der Waals surface area contributed by atoms with Crippen LogP contribution in [0.5, 0.6) is 0 Å². The molecule has 0 spiro atoms. The lowest BCUT2D eigenvalue weighted by molar-refractivity contribution is -0.117. The summed E-state index contributed by atoms with van der Waals surface area (Å²) >= 11 is 0. The van der Waals surface area contributed by atoms with Crippen molar-refractivity contribution in [2.24, 2.45) is 11.8 Å². The van der Waals surface area contributed by atoms with E-state index in [0.29, 0.717) is 18.3 Å². The van der Waals surface area contributed by atoms with E-state index in [2.05, 4.69) is 31.1 Å².